The molecule has 0 unspecified atom stereocenters. The first-order chi connectivity index (χ1) is 12.4. The van der Waals surface area contributed by atoms with Crippen molar-refractivity contribution in [1.29, 1.82) is 0 Å². The second-order valence-electron chi connectivity index (χ2n) is 9.42. The maximum atomic E-state index is 12.4. The quantitative estimate of drug-likeness (QED) is 0.682. The van der Waals surface area contributed by atoms with E-state index in [9.17, 15) is 9.59 Å². The van der Waals surface area contributed by atoms with Crippen LogP contribution < -0.4 is 0 Å². The first-order valence-corrected chi connectivity index (χ1v) is 9.67. The van der Waals surface area contributed by atoms with Crippen molar-refractivity contribution in [3.63, 3.8) is 0 Å². The largest absolute Gasteiger partial charge is 0.456 e. The van der Waals surface area contributed by atoms with Crippen LogP contribution in [0.5, 0.6) is 0 Å². The van der Waals surface area contributed by atoms with Crippen molar-refractivity contribution in [1.82, 2.24) is 4.90 Å². The standard InChI is InChI=1S/C22H33NO4/c1-15-12-13-23(20(25)27-22(5,6)7)14-18(15)16-8-10-17(11-9-16)19(24)26-21(2,3)4/h8-11,15,18H,12-14H2,1-7H3/t15-,18-/m1/s1. The summed E-state index contributed by atoms with van der Waals surface area (Å²) in [4.78, 5) is 26.4. The summed E-state index contributed by atoms with van der Waals surface area (Å²) in [5, 5.41) is 0. The first kappa shape index (κ1) is 21.3. The SMILES string of the molecule is C[C@@H]1CCN(C(=O)OC(C)(C)C)C[C@H]1c1ccc(C(=O)OC(C)(C)C)cc1. The summed E-state index contributed by atoms with van der Waals surface area (Å²) >= 11 is 0. The average Bonchev–Trinajstić information content (AvgIpc) is 2.52. The third-order valence-electron chi connectivity index (χ3n) is 4.58. The van der Waals surface area contributed by atoms with Crippen LogP contribution >= 0.6 is 0 Å². The molecule has 150 valence electrons. The molecule has 5 nitrogen and oxygen atoms in total. The van der Waals surface area contributed by atoms with Gasteiger partial charge in [-0.05, 0) is 71.6 Å². The molecule has 1 fully saturated rings. The summed E-state index contributed by atoms with van der Waals surface area (Å²) in [6.07, 6.45) is 0.669. The van der Waals surface area contributed by atoms with E-state index >= 15 is 0 Å². The smallest absolute Gasteiger partial charge is 0.410 e. The maximum Gasteiger partial charge on any atom is 0.410 e. The number of carbonyl (C=O) groups excluding carboxylic acids is 2. The second-order valence-corrected chi connectivity index (χ2v) is 9.42. The molecule has 1 saturated heterocycles. The highest BCUT2D eigenvalue weighted by Crippen LogP contribution is 2.33. The number of rotatable bonds is 2. The lowest BCUT2D eigenvalue weighted by atomic mass is 9.82. The zero-order valence-corrected chi connectivity index (χ0v) is 17.7. The summed E-state index contributed by atoms with van der Waals surface area (Å²) in [7, 11) is 0. The molecule has 0 N–H and O–H groups in total. The van der Waals surface area contributed by atoms with E-state index in [1.807, 2.05) is 65.8 Å². The van der Waals surface area contributed by atoms with Crippen LogP contribution in [0, 0.1) is 5.92 Å². The van der Waals surface area contributed by atoms with E-state index in [1.54, 1.807) is 4.90 Å². The molecular formula is C22H33NO4. The van der Waals surface area contributed by atoms with Crippen molar-refractivity contribution < 1.29 is 19.1 Å². The summed E-state index contributed by atoms with van der Waals surface area (Å²) in [5.41, 5.74) is 0.663. The van der Waals surface area contributed by atoms with E-state index in [0.717, 1.165) is 12.0 Å². The van der Waals surface area contributed by atoms with Gasteiger partial charge < -0.3 is 14.4 Å². The Hall–Kier alpha value is -2.04. The van der Waals surface area contributed by atoms with Crippen molar-refractivity contribution in [2.24, 2.45) is 5.92 Å². The molecule has 1 heterocycles. The van der Waals surface area contributed by atoms with E-state index in [0.29, 0.717) is 24.6 Å². The Labute approximate surface area is 163 Å². The molecule has 0 bridgehead atoms. The topological polar surface area (TPSA) is 55.8 Å². The van der Waals surface area contributed by atoms with Crippen LogP contribution in [0.4, 0.5) is 4.79 Å². The van der Waals surface area contributed by atoms with Crippen molar-refractivity contribution >= 4 is 12.1 Å². The molecule has 1 aromatic rings. The van der Waals surface area contributed by atoms with Crippen LogP contribution in [0.3, 0.4) is 0 Å². The van der Waals surface area contributed by atoms with Crippen LogP contribution in [0.25, 0.3) is 0 Å². The Balaban J connectivity index is 2.09. The highest BCUT2D eigenvalue weighted by Gasteiger charge is 2.32. The number of likely N-dealkylation sites (tertiary alicyclic amines) is 1. The molecule has 0 radical (unpaired) electrons. The molecule has 2 rings (SSSR count). The van der Waals surface area contributed by atoms with E-state index in [4.69, 9.17) is 9.47 Å². The Bertz CT molecular complexity index is 667. The fraction of sp³-hybridized carbons (Fsp3) is 0.636. The van der Waals surface area contributed by atoms with Gasteiger partial charge in [0.1, 0.15) is 11.2 Å². The lowest BCUT2D eigenvalue weighted by Gasteiger charge is -2.38. The van der Waals surface area contributed by atoms with Gasteiger partial charge in [-0.1, -0.05) is 19.1 Å². The Morgan fingerprint density at radius 3 is 2.04 bits per heavy atom. The van der Waals surface area contributed by atoms with E-state index in [-0.39, 0.29) is 18.0 Å². The molecule has 0 spiro atoms. The molecule has 1 aromatic carbocycles. The van der Waals surface area contributed by atoms with Crippen molar-refractivity contribution in [3.8, 4) is 0 Å². The van der Waals surface area contributed by atoms with Gasteiger partial charge in [-0.2, -0.15) is 0 Å². The molecular weight excluding hydrogens is 342 g/mol. The lowest BCUT2D eigenvalue weighted by Crippen LogP contribution is -2.44. The molecule has 1 amide bonds. The van der Waals surface area contributed by atoms with Gasteiger partial charge in [-0.25, -0.2) is 9.59 Å². The minimum Gasteiger partial charge on any atom is -0.456 e. The fourth-order valence-electron chi connectivity index (χ4n) is 3.20. The van der Waals surface area contributed by atoms with Crippen LogP contribution in [0.15, 0.2) is 24.3 Å². The zero-order valence-electron chi connectivity index (χ0n) is 17.7. The predicted octanol–water partition coefficient (Wildman–Crippen LogP) is 5.00. The Morgan fingerprint density at radius 2 is 1.52 bits per heavy atom. The monoisotopic (exact) mass is 375 g/mol. The van der Waals surface area contributed by atoms with Crippen LogP contribution in [-0.2, 0) is 9.47 Å². The predicted molar refractivity (Wildman–Crippen MR) is 106 cm³/mol. The molecule has 0 saturated carbocycles. The molecule has 0 aliphatic carbocycles. The number of hydrogen-bond acceptors (Lipinski definition) is 4. The van der Waals surface area contributed by atoms with Crippen LogP contribution in [0.1, 0.15) is 76.7 Å². The Kier molecular flexibility index (Phi) is 6.23. The number of ether oxygens (including phenoxy) is 2. The fourth-order valence-corrected chi connectivity index (χ4v) is 3.20. The minimum absolute atomic E-state index is 0.221. The van der Waals surface area contributed by atoms with Gasteiger partial charge in [0.25, 0.3) is 0 Å². The van der Waals surface area contributed by atoms with E-state index < -0.39 is 11.2 Å². The number of benzene rings is 1. The van der Waals surface area contributed by atoms with Gasteiger partial charge >= 0.3 is 12.1 Å². The second kappa shape index (κ2) is 7.91. The van der Waals surface area contributed by atoms with Crippen molar-refractivity contribution in [2.75, 3.05) is 13.1 Å². The first-order valence-electron chi connectivity index (χ1n) is 9.67. The van der Waals surface area contributed by atoms with Crippen molar-refractivity contribution in [2.45, 2.75) is 72.0 Å². The molecule has 2 atom stereocenters. The van der Waals surface area contributed by atoms with Crippen LogP contribution in [-0.4, -0.2) is 41.3 Å². The molecule has 1 aliphatic rings. The maximum absolute atomic E-state index is 12.4. The minimum atomic E-state index is -0.512. The molecule has 1 aliphatic heterocycles. The summed E-state index contributed by atoms with van der Waals surface area (Å²) in [6.45, 7) is 14.7. The van der Waals surface area contributed by atoms with Gasteiger partial charge in [-0.3, -0.25) is 0 Å². The number of amides is 1. The van der Waals surface area contributed by atoms with Gasteiger partial charge in [0.05, 0.1) is 5.56 Å². The molecule has 0 aromatic heterocycles. The highest BCUT2D eigenvalue weighted by atomic mass is 16.6. The summed E-state index contributed by atoms with van der Waals surface area (Å²) < 4.78 is 10.9. The zero-order chi connectivity index (χ0) is 20.4. The summed E-state index contributed by atoms with van der Waals surface area (Å²) in [5.74, 6) is 0.358. The third kappa shape index (κ3) is 6.26. The van der Waals surface area contributed by atoms with Gasteiger partial charge in [0, 0.05) is 19.0 Å². The Morgan fingerprint density at radius 1 is 0.963 bits per heavy atom. The number of hydrogen-bond donors (Lipinski definition) is 0. The number of esters is 1. The highest BCUT2D eigenvalue weighted by molar-refractivity contribution is 5.89. The number of carbonyl (C=O) groups is 2. The van der Waals surface area contributed by atoms with Gasteiger partial charge in [0.2, 0.25) is 0 Å². The van der Waals surface area contributed by atoms with Crippen LogP contribution in [0.2, 0.25) is 0 Å². The van der Waals surface area contributed by atoms with E-state index in [1.165, 1.54) is 0 Å². The average molecular weight is 376 g/mol. The van der Waals surface area contributed by atoms with E-state index in [2.05, 4.69) is 6.92 Å². The van der Waals surface area contributed by atoms with Gasteiger partial charge in [0.15, 0.2) is 0 Å². The lowest BCUT2D eigenvalue weighted by molar-refractivity contribution is 0.00687. The molecule has 5 heteroatoms. The number of nitrogens with zero attached hydrogens (tertiary/aromatic N) is 1. The van der Waals surface area contributed by atoms with Crippen molar-refractivity contribution in [3.05, 3.63) is 35.4 Å². The normalized spacial score (nSPS) is 20.9. The molecule has 27 heavy (non-hydrogen) atoms. The number of piperidine rings is 1. The third-order valence-corrected chi connectivity index (χ3v) is 4.58. The van der Waals surface area contributed by atoms with Gasteiger partial charge in [-0.15, -0.1) is 0 Å². The summed E-state index contributed by atoms with van der Waals surface area (Å²) in [6, 6.07) is 7.56.